The van der Waals surface area contributed by atoms with Gasteiger partial charge in [0.1, 0.15) is 0 Å². The van der Waals surface area contributed by atoms with E-state index >= 15 is 0 Å². The summed E-state index contributed by atoms with van der Waals surface area (Å²) < 4.78 is 15.6. The summed E-state index contributed by atoms with van der Waals surface area (Å²) in [6.45, 7) is 7.33. The van der Waals surface area contributed by atoms with E-state index in [-0.39, 0.29) is 5.97 Å². The minimum Gasteiger partial charge on any atom is -0.469 e. The topological polar surface area (TPSA) is 72.4 Å². The smallest absolute Gasteiger partial charge is 0.305 e. The Morgan fingerprint density at radius 2 is 1.81 bits per heavy atom. The van der Waals surface area contributed by atoms with Crippen LogP contribution < -0.4 is 5.32 Å². The molecule has 7 nitrogen and oxygen atoms in total. The highest BCUT2D eigenvalue weighted by molar-refractivity contribution is 5.80. The van der Waals surface area contributed by atoms with E-state index in [1.54, 1.807) is 7.11 Å². The van der Waals surface area contributed by atoms with Gasteiger partial charge in [-0.1, -0.05) is 12.8 Å². The molecule has 1 heterocycles. The molecule has 0 saturated carbocycles. The maximum absolute atomic E-state index is 11.1. The Morgan fingerprint density at radius 3 is 2.48 bits per heavy atom. The highest BCUT2D eigenvalue weighted by Gasteiger charge is 2.21. The quantitative estimate of drug-likeness (QED) is 0.227. The van der Waals surface area contributed by atoms with Crippen molar-refractivity contribution in [2.75, 3.05) is 53.6 Å². The lowest BCUT2D eigenvalue weighted by Crippen LogP contribution is -2.47. The number of nitrogens with zero attached hydrogens (tertiary/aromatic N) is 2. The molecule has 1 N–H and O–H groups in total. The number of nitrogens with one attached hydrogen (secondary N) is 1. The number of rotatable bonds is 13. The van der Waals surface area contributed by atoms with Crippen LogP contribution in [0.5, 0.6) is 0 Å². The maximum atomic E-state index is 11.1. The number of ether oxygens (including phenoxy) is 3. The van der Waals surface area contributed by atoms with Gasteiger partial charge in [-0.05, 0) is 39.0 Å². The van der Waals surface area contributed by atoms with Gasteiger partial charge in [-0.25, -0.2) is 0 Å². The van der Waals surface area contributed by atoms with E-state index in [1.807, 2.05) is 0 Å². The molecule has 0 aliphatic carbocycles. The van der Waals surface area contributed by atoms with Gasteiger partial charge in [-0.15, -0.1) is 0 Å². The molecule has 0 aromatic rings. The fourth-order valence-corrected chi connectivity index (χ4v) is 3.14. The third-order valence-corrected chi connectivity index (χ3v) is 4.70. The Balaban J connectivity index is 2.22. The lowest BCUT2D eigenvalue weighted by Gasteiger charge is -2.34. The predicted molar refractivity (Wildman–Crippen MR) is 108 cm³/mol. The molecular formula is C20H39N3O4. The molecule has 7 heteroatoms. The summed E-state index contributed by atoms with van der Waals surface area (Å²) in [5.74, 6) is 0.901. The number of hydrogen-bond acceptors (Lipinski definition) is 5. The van der Waals surface area contributed by atoms with E-state index in [1.165, 1.54) is 7.11 Å². The fourth-order valence-electron chi connectivity index (χ4n) is 3.14. The predicted octanol–water partition coefficient (Wildman–Crippen LogP) is 2.59. The van der Waals surface area contributed by atoms with Gasteiger partial charge in [0.05, 0.1) is 13.2 Å². The molecule has 0 spiro atoms. The first-order valence-corrected chi connectivity index (χ1v) is 10.4. The number of piperidine rings is 1. The van der Waals surface area contributed by atoms with Gasteiger partial charge in [0, 0.05) is 52.9 Å². The summed E-state index contributed by atoms with van der Waals surface area (Å²) in [4.78, 5) is 18.2. The van der Waals surface area contributed by atoms with Gasteiger partial charge < -0.3 is 24.4 Å². The molecule has 1 aliphatic rings. The van der Waals surface area contributed by atoms with E-state index in [0.717, 1.165) is 90.3 Å². The van der Waals surface area contributed by atoms with Gasteiger partial charge in [-0.2, -0.15) is 0 Å². The number of hydrogen-bond donors (Lipinski definition) is 1. The zero-order valence-electron chi connectivity index (χ0n) is 17.5. The summed E-state index contributed by atoms with van der Waals surface area (Å²) in [5.41, 5.74) is 0. The first kappa shape index (κ1) is 23.7. The molecule has 1 saturated heterocycles. The van der Waals surface area contributed by atoms with Crippen LogP contribution in [-0.2, 0) is 19.0 Å². The van der Waals surface area contributed by atoms with E-state index < -0.39 is 0 Å². The van der Waals surface area contributed by atoms with Gasteiger partial charge in [0.2, 0.25) is 0 Å². The van der Waals surface area contributed by atoms with Crippen LogP contribution in [0.1, 0.15) is 58.3 Å². The Hall–Kier alpha value is -1.34. The summed E-state index contributed by atoms with van der Waals surface area (Å²) in [7, 11) is 3.16. The first-order chi connectivity index (χ1) is 13.2. The minimum absolute atomic E-state index is 0.117. The number of methoxy groups -OCH3 is 2. The van der Waals surface area contributed by atoms with Crippen LogP contribution in [0.25, 0.3) is 0 Å². The fraction of sp³-hybridized carbons (Fsp3) is 0.900. The second kappa shape index (κ2) is 15.7. The van der Waals surface area contributed by atoms with Crippen molar-refractivity contribution in [3.8, 4) is 0 Å². The third-order valence-electron chi connectivity index (χ3n) is 4.70. The van der Waals surface area contributed by atoms with Crippen LogP contribution >= 0.6 is 0 Å². The van der Waals surface area contributed by atoms with Crippen molar-refractivity contribution in [2.45, 2.75) is 64.4 Å². The van der Waals surface area contributed by atoms with E-state index in [4.69, 9.17) is 14.5 Å². The van der Waals surface area contributed by atoms with Crippen molar-refractivity contribution in [1.29, 1.82) is 0 Å². The highest BCUT2D eigenvalue weighted by atomic mass is 16.5. The average Bonchev–Trinajstić information content (AvgIpc) is 2.70. The van der Waals surface area contributed by atoms with Crippen molar-refractivity contribution in [1.82, 2.24) is 10.2 Å². The van der Waals surface area contributed by atoms with Crippen LogP contribution in [0.4, 0.5) is 0 Å². The van der Waals surface area contributed by atoms with Crippen LogP contribution in [0.3, 0.4) is 0 Å². The highest BCUT2D eigenvalue weighted by Crippen LogP contribution is 2.14. The minimum atomic E-state index is -0.117. The zero-order chi connectivity index (χ0) is 19.7. The summed E-state index contributed by atoms with van der Waals surface area (Å²) in [5, 5.41) is 3.41. The van der Waals surface area contributed by atoms with Crippen LogP contribution in [0.2, 0.25) is 0 Å². The Bertz CT molecular complexity index is 410. The molecule has 1 aliphatic heterocycles. The van der Waals surface area contributed by atoms with Crippen LogP contribution in [0.15, 0.2) is 4.99 Å². The largest absolute Gasteiger partial charge is 0.469 e. The summed E-state index contributed by atoms with van der Waals surface area (Å²) in [6, 6.07) is 0. The van der Waals surface area contributed by atoms with Crippen molar-refractivity contribution in [3.05, 3.63) is 0 Å². The van der Waals surface area contributed by atoms with Crippen molar-refractivity contribution in [2.24, 2.45) is 4.99 Å². The monoisotopic (exact) mass is 385 g/mol. The van der Waals surface area contributed by atoms with Gasteiger partial charge in [-0.3, -0.25) is 9.79 Å². The molecule has 0 aromatic heterocycles. The number of carbonyl (C=O) groups excluding carboxylic acids is 1. The third kappa shape index (κ3) is 11.2. The molecule has 158 valence electrons. The molecule has 0 radical (unpaired) electrons. The lowest BCUT2D eigenvalue weighted by molar-refractivity contribution is -0.140. The Morgan fingerprint density at radius 1 is 1.07 bits per heavy atom. The van der Waals surface area contributed by atoms with Crippen molar-refractivity contribution < 1.29 is 19.0 Å². The van der Waals surface area contributed by atoms with Crippen LogP contribution in [0, 0.1) is 0 Å². The zero-order valence-corrected chi connectivity index (χ0v) is 17.5. The average molecular weight is 386 g/mol. The molecule has 27 heavy (non-hydrogen) atoms. The number of guanidine groups is 1. The summed E-state index contributed by atoms with van der Waals surface area (Å²) >= 11 is 0. The van der Waals surface area contributed by atoms with E-state index in [0.29, 0.717) is 12.5 Å². The molecule has 0 atom stereocenters. The Kier molecular flexibility index (Phi) is 13.8. The lowest BCUT2D eigenvalue weighted by atomic mass is 10.1. The van der Waals surface area contributed by atoms with Crippen molar-refractivity contribution in [3.63, 3.8) is 0 Å². The molecule has 0 amide bonds. The number of likely N-dealkylation sites (tertiary alicyclic amines) is 1. The number of carbonyl (C=O) groups is 1. The first-order valence-electron chi connectivity index (χ1n) is 10.4. The second-order valence-electron chi connectivity index (χ2n) is 6.88. The Labute approximate surface area is 164 Å². The molecule has 0 aromatic carbocycles. The van der Waals surface area contributed by atoms with Gasteiger partial charge >= 0.3 is 5.97 Å². The maximum Gasteiger partial charge on any atom is 0.305 e. The second-order valence-corrected chi connectivity index (χ2v) is 6.88. The summed E-state index contributed by atoms with van der Waals surface area (Å²) in [6.07, 6.45) is 8.02. The number of unbranched alkanes of at least 4 members (excludes halogenated alkanes) is 3. The number of aliphatic imine (C=N–C) groups is 1. The van der Waals surface area contributed by atoms with Crippen molar-refractivity contribution >= 4 is 11.9 Å². The number of esters is 1. The molecule has 0 unspecified atom stereocenters. The van der Waals surface area contributed by atoms with E-state index in [2.05, 4.69) is 21.9 Å². The van der Waals surface area contributed by atoms with Gasteiger partial charge in [0.15, 0.2) is 5.96 Å². The standard InChI is InChI=1S/C20H39N3O4/c1-4-21-20(22-13-8-6-5-7-10-19(24)26-3)23-14-11-18(12-15-23)27-17-9-16-25-2/h18H,4-17H2,1-3H3,(H,21,22). The normalized spacial score (nSPS) is 15.8. The van der Waals surface area contributed by atoms with E-state index in [9.17, 15) is 4.79 Å². The molecule has 0 bridgehead atoms. The van der Waals surface area contributed by atoms with Crippen LogP contribution in [-0.4, -0.2) is 76.5 Å². The molecular weight excluding hydrogens is 346 g/mol. The SMILES string of the molecule is CCNC(=NCCCCCCC(=O)OC)N1CCC(OCCCOC)CC1. The van der Waals surface area contributed by atoms with Gasteiger partial charge in [0.25, 0.3) is 0 Å². The molecule has 1 rings (SSSR count). The molecule has 1 fully saturated rings.